The third-order valence-corrected chi connectivity index (χ3v) is 0. The predicted molar refractivity (Wildman–Crippen MR) is 23.4 cm³/mol. The molecule has 0 heterocycles. The summed E-state index contributed by atoms with van der Waals surface area (Å²) >= 11 is -3.29. The van der Waals surface area contributed by atoms with Crippen LogP contribution in [0.1, 0.15) is 0 Å². The van der Waals surface area contributed by atoms with Gasteiger partial charge in [-0.05, 0) is 0 Å². The molecule has 0 saturated carbocycles. The minimum absolute atomic E-state index is 0. The van der Waals surface area contributed by atoms with Crippen molar-refractivity contribution in [1.82, 2.24) is 0 Å². The number of halogens is 4. The summed E-state index contributed by atoms with van der Waals surface area (Å²) in [6.07, 6.45) is 0. The van der Waals surface area contributed by atoms with Crippen molar-refractivity contribution in [3.63, 3.8) is 0 Å². The molecule has 0 rings (SSSR count). The molecule has 0 spiro atoms. The van der Waals surface area contributed by atoms with Crippen LogP contribution in [-0.4, -0.2) is 0 Å². The third-order valence-electron chi connectivity index (χ3n) is 0. The van der Waals surface area contributed by atoms with Gasteiger partial charge in [0.2, 0.25) is 0 Å². The molecule has 0 radical (unpaired) electrons. The van der Waals surface area contributed by atoms with Crippen LogP contribution in [0, 0.1) is 0 Å². The topological polar surface area (TPSA) is 0 Å². The Balaban J connectivity index is 0. The van der Waals surface area contributed by atoms with Gasteiger partial charge in [-0.3, -0.25) is 0 Å². The zero-order valence-electron chi connectivity index (χ0n) is 3.01. The molecule has 0 amide bonds. The van der Waals surface area contributed by atoms with Crippen LogP contribution in [-0.2, 0) is 15.5 Å². The fraction of sp³-hybridized carbons (Fsp3) is 0. The molecule has 0 saturated heterocycles. The quantitative estimate of drug-likeness (QED) is 0.525. The van der Waals surface area contributed by atoms with Crippen molar-refractivity contribution < 1.29 is 45.1 Å². The summed E-state index contributed by atoms with van der Waals surface area (Å²) in [5.41, 5.74) is 0. The van der Waals surface area contributed by atoms with Crippen LogP contribution in [0.3, 0.4) is 0 Å². The summed E-state index contributed by atoms with van der Waals surface area (Å²) in [4.78, 5) is 0. The summed E-state index contributed by atoms with van der Waals surface area (Å²) in [6.45, 7) is 0. The Hall–Kier alpha value is 3.04. The molecule has 32 valence electrons. The fourth-order valence-corrected chi connectivity index (χ4v) is 0. The molecular weight excluding hydrogens is 256 g/mol. The summed E-state index contributed by atoms with van der Waals surface area (Å²) in [7, 11) is 20.1. The van der Waals surface area contributed by atoms with E-state index in [4.69, 9.17) is 34.1 Å². The molecule has 0 aromatic rings. The maximum Gasteiger partial charge on any atom is 1.00 e. The van der Waals surface area contributed by atoms with Crippen molar-refractivity contribution in [2.75, 3.05) is 0 Å². The van der Waals surface area contributed by atoms with Crippen molar-refractivity contribution in [3.8, 4) is 0 Å². The average molecular weight is 256 g/mol. The smallest absolute Gasteiger partial charge is 1.00 e. The van der Waals surface area contributed by atoms with Gasteiger partial charge in [-0.25, -0.2) is 0 Å². The van der Waals surface area contributed by atoms with E-state index in [0.717, 1.165) is 0 Å². The van der Waals surface area contributed by atoms with Gasteiger partial charge in [0.15, 0.2) is 0 Å². The van der Waals surface area contributed by atoms with Crippen LogP contribution in [0.5, 0.6) is 0 Å². The van der Waals surface area contributed by atoms with Crippen molar-refractivity contribution in [1.29, 1.82) is 0 Å². The Labute approximate surface area is 77.4 Å². The Morgan fingerprint density at radius 3 is 0.833 bits per heavy atom. The van der Waals surface area contributed by atoms with Crippen molar-refractivity contribution in [2.24, 2.45) is 0 Å². The Kier molecular flexibility index (Phi) is 9.59. The van der Waals surface area contributed by atoms with Crippen LogP contribution < -0.4 is 29.6 Å². The summed E-state index contributed by atoms with van der Waals surface area (Å²) in [6, 6.07) is 0. The monoisotopic (exact) mass is 253 g/mol. The molecule has 0 aromatic heterocycles. The van der Waals surface area contributed by atoms with E-state index in [1.807, 2.05) is 0 Å². The Morgan fingerprint density at radius 1 is 0.833 bits per heavy atom. The summed E-state index contributed by atoms with van der Waals surface area (Å²) in [5.74, 6) is 0. The van der Waals surface area contributed by atoms with Crippen LogP contribution >= 0.6 is 34.1 Å². The van der Waals surface area contributed by atoms with Gasteiger partial charge in [-0.2, -0.15) is 0 Å². The summed E-state index contributed by atoms with van der Waals surface area (Å²) in [5, 5.41) is 0. The third kappa shape index (κ3) is 27.8. The Bertz CT molecular complexity index is 23.0. The van der Waals surface area contributed by atoms with E-state index in [1.54, 1.807) is 0 Å². The normalized spacial score (nSPS) is 10.0. The van der Waals surface area contributed by atoms with Gasteiger partial charge in [-0.1, -0.05) is 0 Å². The molecular formula is Cl4NaZr+. The first-order chi connectivity index (χ1) is 2.00. The van der Waals surface area contributed by atoms with E-state index in [1.165, 1.54) is 0 Å². The van der Waals surface area contributed by atoms with Crippen molar-refractivity contribution in [2.45, 2.75) is 0 Å². The minimum Gasteiger partial charge on any atom is 1.00 e. The zero-order chi connectivity index (χ0) is 4.50. The SMILES string of the molecule is [Cl][Zr]([Cl])([Cl])[Cl].[Na+]. The van der Waals surface area contributed by atoms with Crippen molar-refractivity contribution >= 4 is 34.1 Å². The molecule has 0 N–H and O–H groups in total. The second-order valence-electron chi connectivity index (χ2n) is 0.429. The van der Waals surface area contributed by atoms with E-state index < -0.39 is 15.5 Å². The van der Waals surface area contributed by atoms with Gasteiger partial charge in [-0.15, -0.1) is 0 Å². The molecule has 6 heavy (non-hydrogen) atoms. The number of hydrogen-bond acceptors (Lipinski definition) is 0. The van der Waals surface area contributed by atoms with Gasteiger partial charge in [0.25, 0.3) is 0 Å². The summed E-state index contributed by atoms with van der Waals surface area (Å²) < 4.78 is 0. The maximum atomic E-state index is 5.04. The number of hydrogen-bond donors (Lipinski definition) is 0. The van der Waals surface area contributed by atoms with Gasteiger partial charge >= 0.3 is 79.1 Å². The second-order valence-corrected chi connectivity index (χ2v) is 22.8. The standard InChI is InChI=1S/4ClH.Na.Zr/h4*1H;;/q;;;;+1;+4/p-4. The first-order valence-corrected chi connectivity index (χ1v) is 13.4. The molecule has 0 aliphatic heterocycles. The molecule has 0 atom stereocenters. The second kappa shape index (κ2) is 4.88. The van der Waals surface area contributed by atoms with Crippen LogP contribution in [0.2, 0.25) is 0 Å². The molecule has 0 aliphatic rings. The first-order valence-electron chi connectivity index (χ1n) is 0.756. The minimum atomic E-state index is -3.29. The fourth-order valence-electron chi connectivity index (χ4n) is 0. The van der Waals surface area contributed by atoms with Gasteiger partial charge in [0.05, 0.1) is 0 Å². The predicted octanol–water partition coefficient (Wildman–Crippen LogP) is -0.241. The van der Waals surface area contributed by atoms with Gasteiger partial charge in [0, 0.05) is 0 Å². The molecule has 0 unspecified atom stereocenters. The van der Waals surface area contributed by atoms with Crippen LogP contribution in [0.15, 0.2) is 0 Å². The Morgan fingerprint density at radius 2 is 0.833 bits per heavy atom. The van der Waals surface area contributed by atoms with E-state index >= 15 is 0 Å². The average Bonchev–Trinajstić information content (AvgIpc) is 0.722. The van der Waals surface area contributed by atoms with E-state index in [0.29, 0.717) is 0 Å². The van der Waals surface area contributed by atoms with E-state index in [9.17, 15) is 0 Å². The maximum absolute atomic E-state index is 5.04. The molecule has 6 heteroatoms. The van der Waals surface area contributed by atoms with Crippen LogP contribution in [0.25, 0.3) is 0 Å². The molecule has 0 aromatic carbocycles. The molecule has 0 fully saturated rings. The van der Waals surface area contributed by atoms with E-state index in [2.05, 4.69) is 0 Å². The van der Waals surface area contributed by atoms with E-state index in [-0.39, 0.29) is 29.6 Å². The molecule has 0 nitrogen and oxygen atoms in total. The number of rotatable bonds is 0. The molecule has 0 bridgehead atoms. The van der Waals surface area contributed by atoms with Gasteiger partial charge in [0.1, 0.15) is 0 Å². The largest absolute Gasteiger partial charge is 1.00 e. The first kappa shape index (κ1) is 11.8. The van der Waals surface area contributed by atoms with Crippen molar-refractivity contribution in [3.05, 3.63) is 0 Å². The van der Waals surface area contributed by atoms with Gasteiger partial charge < -0.3 is 0 Å². The zero-order valence-corrected chi connectivity index (χ0v) is 10.5. The van der Waals surface area contributed by atoms with Crippen LogP contribution in [0.4, 0.5) is 0 Å². The molecule has 0 aliphatic carbocycles.